The van der Waals surface area contributed by atoms with Crippen LogP contribution in [0.25, 0.3) is 10.8 Å². The van der Waals surface area contributed by atoms with Crippen molar-refractivity contribution in [2.75, 3.05) is 6.26 Å². The first-order valence-corrected chi connectivity index (χ1v) is 12.0. The fourth-order valence-corrected chi connectivity index (χ4v) is 5.72. The van der Waals surface area contributed by atoms with E-state index in [2.05, 4.69) is 0 Å². The summed E-state index contributed by atoms with van der Waals surface area (Å²) in [6.07, 6.45) is 0.409. The number of amides is 1. The lowest BCUT2D eigenvalue weighted by Gasteiger charge is -2.45. The third-order valence-electron chi connectivity index (χ3n) is 6.66. The SMILES string of the molecule is Cc1ccc2c(C)c3c(c(O)c2c1O)C(=O)[C@]1(O)C(O)=C(C(N)=O)C(=O)[C@H](NS(C)(=O)=O)[C@@H]1C3. The van der Waals surface area contributed by atoms with Crippen LogP contribution in [0.15, 0.2) is 23.5 Å². The molecule has 0 spiro atoms. The molecule has 0 unspecified atom stereocenters. The molecule has 0 aliphatic heterocycles. The van der Waals surface area contributed by atoms with Gasteiger partial charge in [-0.1, -0.05) is 12.1 Å². The number of nitrogens with two attached hydrogens (primary N) is 1. The van der Waals surface area contributed by atoms with Crippen LogP contribution in [-0.4, -0.2) is 64.2 Å². The molecule has 7 N–H and O–H groups in total. The number of aliphatic hydroxyl groups excluding tert-OH is 1. The second kappa shape index (κ2) is 7.26. The molecule has 34 heavy (non-hydrogen) atoms. The first-order chi connectivity index (χ1) is 15.6. The Balaban J connectivity index is 2.11. The van der Waals surface area contributed by atoms with E-state index in [4.69, 9.17) is 5.73 Å². The summed E-state index contributed by atoms with van der Waals surface area (Å²) in [4.78, 5) is 38.6. The van der Waals surface area contributed by atoms with Gasteiger partial charge in [0.05, 0.1) is 23.2 Å². The van der Waals surface area contributed by atoms with Gasteiger partial charge in [0.25, 0.3) is 5.91 Å². The number of nitrogens with one attached hydrogen (secondary N) is 1. The highest BCUT2D eigenvalue weighted by molar-refractivity contribution is 7.88. The molecule has 1 amide bonds. The Kier molecular flexibility index (Phi) is 5.05. The molecule has 2 aromatic rings. The summed E-state index contributed by atoms with van der Waals surface area (Å²) >= 11 is 0. The molecule has 0 saturated carbocycles. The number of fused-ring (bicyclic) bond motifs is 3. The maximum absolute atomic E-state index is 13.7. The van der Waals surface area contributed by atoms with Gasteiger partial charge >= 0.3 is 0 Å². The molecule has 4 rings (SSSR count). The van der Waals surface area contributed by atoms with Gasteiger partial charge in [0.15, 0.2) is 11.4 Å². The molecule has 0 saturated heterocycles. The van der Waals surface area contributed by atoms with Crippen molar-refractivity contribution < 1.29 is 43.2 Å². The summed E-state index contributed by atoms with van der Waals surface area (Å²) in [5.41, 5.74) is 1.73. The molecule has 2 aromatic carbocycles. The lowest BCUT2D eigenvalue weighted by molar-refractivity contribution is -0.127. The van der Waals surface area contributed by atoms with Crippen LogP contribution < -0.4 is 10.5 Å². The van der Waals surface area contributed by atoms with E-state index < -0.39 is 67.7 Å². The van der Waals surface area contributed by atoms with Gasteiger partial charge in [-0.3, -0.25) is 14.4 Å². The van der Waals surface area contributed by atoms with Crippen molar-refractivity contribution >= 4 is 38.3 Å². The van der Waals surface area contributed by atoms with Crippen molar-refractivity contribution in [2.45, 2.75) is 31.9 Å². The highest BCUT2D eigenvalue weighted by Gasteiger charge is 2.62. The van der Waals surface area contributed by atoms with E-state index in [1.807, 2.05) is 4.72 Å². The first kappa shape index (κ1) is 23.7. The molecular weight excluding hydrogens is 468 g/mol. The molecule has 0 aromatic heterocycles. The maximum Gasteiger partial charge on any atom is 0.255 e. The van der Waals surface area contributed by atoms with Gasteiger partial charge in [-0.25, -0.2) is 13.1 Å². The first-order valence-electron chi connectivity index (χ1n) is 10.1. The number of hydrogen-bond acceptors (Lipinski definition) is 9. The number of phenolic OH excluding ortho intramolecular Hbond substituents is 2. The number of phenols is 2. The van der Waals surface area contributed by atoms with E-state index in [0.29, 0.717) is 16.5 Å². The summed E-state index contributed by atoms with van der Waals surface area (Å²) in [6.45, 7) is 3.18. The molecule has 0 heterocycles. The van der Waals surface area contributed by atoms with E-state index in [-0.39, 0.29) is 23.1 Å². The van der Waals surface area contributed by atoms with Crippen LogP contribution in [0.2, 0.25) is 0 Å². The molecule has 3 atom stereocenters. The fraction of sp³-hybridized carbons (Fsp3) is 0.318. The Labute approximate surface area is 193 Å². The fourth-order valence-electron chi connectivity index (χ4n) is 4.98. The second-order valence-corrected chi connectivity index (χ2v) is 10.5. The summed E-state index contributed by atoms with van der Waals surface area (Å²) in [5.74, 6) is -7.78. The van der Waals surface area contributed by atoms with Crippen LogP contribution in [0, 0.1) is 19.8 Å². The summed E-state index contributed by atoms with van der Waals surface area (Å²) in [7, 11) is -4.09. The van der Waals surface area contributed by atoms with Gasteiger partial charge in [0.2, 0.25) is 15.8 Å². The number of carbonyl (C=O) groups is 3. The number of Topliss-reactive ketones (excluding diaryl/α,β-unsaturated/α-hetero) is 2. The number of primary amides is 1. The Hall–Kier alpha value is -3.48. The number of rotatable bonds is 3. The zero-order chi connectivity index (χ0) is 25.5. The lowest BCUT2D eigenvalue weighted by atomic mass is 9.61. The van der Waals surface area contributed by atoms with Gasteiger partial charge in [0, 0.05) is 5.92 Å². The molecule has 2 aliphatic carbocycles. The molecule has 0 fully saturated rings. The smallest absolute Gasteiger partial charge is 0.255 e. The Morgan fingerprint density at radius 1 is 1.15 bits per heavy atom. The normalized spacial score (nSPS) is 24.8. The minimum absolute atomic E-state index is 0.0528. The van der Waals surface area contributed by atoms with Crippen molar-refractivity contribution in [1.29, 1.82) is 0 Å². The van der Waals surface area contributed by atoms with E-state index in [1.54, 1.807) is 26.0 Å². The highest BCUT2D eigenvalue weighted by Crippen LogP contribution is 2.50. The van der Waals surface area contributed by atoms with Gasteiger partial charge in [-0.15, -0.1) is 0 Å². The van der Waals surface area contributed by atoms with Crippen molar-refractivity contribution in [1.82, 2.24) is 4.72 Å². The van der Waals surface area contributed by atoms with Crippen LogP contribution >= 0.6 is 0 Å². The zero-order valence-corrected chi connectivity index (χ0v) is 19.1. The molecular formula is C22H22N2O9S. The maximum atomic E-state index is 13.7. The standard InChI is InChI=1S/C22H22N2O9S/c1-7-4-5-9-8(2)10-6-11-15(24-34(3,32)33)18(27)14(21(23)30)20(29)22(11,31)19(28)13(10)17(26)12(9)16(7)25/h4-5,11,15,24-26,29,31H,6H2,1-3H3,(H2,23,30)/t11-,15+,22-/m0/s1. The van der Waals surface area contributed by atoms with Gasteiger partial charge in [-0.05, 0) is 42.3 Å². The van der Waals surface area contributed by atoms with Crippen LogP contribution in [0.4, 0.5) is 0 Å². The molecule has 11 nitrogen and oxygen atoms in total. The third kappa shape index (κ3) is 3.02. The number of aliphatic hydroxyl groups is 2. The predicted molar refractivity (Wildman–Crippen MR) is 119 cm³/mol. The third-order valence-corrected chi connectivity index (χ3v) is 7.34. The van der Waals surface area contributed by atoms with Crippen molar-refractivity contribution in [3.8, 4) is 11.5 Å². The van der Waals surface area contributed by atoms with Crippen molar-refractivity contribution in [3.05, 3.63) is 45.7 Å². The van der Waals surface area contributed by atoms with Crippen LogP contribution in [0.1, 0.15) is 27.0 Å². The number of benzene rings is 2. The molecule has 2 aliphatic rings. The summed E-state index contributed by atoms with van der Waals surface area (Å²) < 4.78 is 26.0. The van der Waals surface area contributed by atoms with Gasteiger partial charge < -0.3 is 26.2 Å². The van der Waals surface area contributed by atoms with Crippen LogP contribution in [0.5, 0.6) is 11.5 Å². The average Bonchev–Trinajstić information content (AvgIpc) is 2.72. The topological polar surface area (TPSA) is 204 Å². The largest absolute Gasteiger partial charge is 0.508 e. The van der Waals surface area contributed by atoms with Crippen molar-refractivity contribution in [3.63, 3.8) is 0 Å². The monoisotopic (exact) mass is 490 g/mol. The number of ketones is 2. The minimum Gasteiger partial charge on any atom is -0.508 e. The Morgan fingerprint density at radius 3 is 2.32 bits per heavy atom. The minimum atomic E-state index is -4.09. The Morgan fingerprint density at radius 2 is 1.76 bits per heavy atom. The quantitative estimate of drug-likeness (QED) is 0.313. The molecule has 0 bridgehead atoms. The molecule has 0 radical (unpaired) electrons. The van der Waals surface area contributed by atoms with E-state index in [1.165, 1.54) is 0 Å². The summed E-state index contributed by atoms with van der Waals surface area (Å²) in [6, 6.07) is 1.41. The molecule has 12 heteroatoms. The van der Waals surface area contributed by atoms with E-state index in [0.717, 1.165) is 6.26 Å². The molecule has 180 valence electrons. The number of aryl methyl sites for hydroxylation is 2. The number of sulfonamides is 1. The Bertz CT molecular complexity index is 1480. The number of hydrogen-bond donors (Lipinski definition) is 6. The van der Waals surface area contributed by atoms with Crippen LogP contribution in [-0.2, 0) is 26.0 Å². The van der Waals surface area contributed by atoms with Crippen molar-refractivity contribution in [2.24, 2.45) is 11.7 Å². The highest BCUT2D eigenvalue weighted by atomic mass is 32.2. The van der Waals surface area contributed by atoms with E-state index in [9.17, 15) is 43.2 Å². The number of carbonyl (C=O) groups excluding carboxylic acids is 3. The van der Waals surface area contributed by atoms with Crippen LogP contribution in [0.3, 0.4) is 0 Å². The summed E-state index contributed by atoms with van der Waals surface area (Å²) in [5, 5.41) is 44.1. The average molecular weight is 490 g/mol. The number of aromatic hydroxyl groups is 2. The van der Waals surface area contributed by atoms with Gasteiger partial charge in [0.1, 0.15) is 22.8 Å². The lowest BCUT2D eigenvalue weighted by Crippen LogP contribution is -2.65. The van der Waals surface area contributed by atoms with E-state index >= 15 is 0 Å². The zero-order valence-electron chi connectivity index (χ0n) is 18.3. The predicted octanol–water partition coefficient (Wildman–Crippen LogP) is -0.248. The van der Waals surface area contributed by atoms with Gasteiger partial charge in [-0.2, -0.15) is 0 Å². The second-order valence-electron chi connectivity index (χ2n) is 8.71.